The number of carbonyl (C=O) groups is 1. The maximum absolute atomic E-state index is 12.0. The molecule has 1 heterocycles. The summed E-state index contributed by atoms with van der Waals surface area (Å²) < 4.78 is 31.3. The van der Waals surface area contributed by atoms with Gasteiger partial charge < -0.3 is 9.52 Å². The van der Waals surface area contributed by atoms with E-state index < -0.39 is 21.8 Å². The van der Waals surface area contributed by atoms with Gasteiger partial charge in [0.05, 0.1) is 0 Å². The van der Waals surface area contributed by atoms with Crippen LogP contribution >= 0.6 is 15.9 Å². The Balaban J connectivity index is 2.25. The molecule has 0 amide bonds. The van der Waals surface area contributed by atoms with Gasteiger partial charge >= 0.3 is 5.97 Å². The van der Waals surface area contributed by atoms with Crippen molar-refractivity contribution in [2.75, 3.05) is 0 Å². The average molecular weight is 338 g/mol. The maximum atomic E-state index is 12.0. The van der Waals surface area contributed by atoms with Gasteiger partial charge in [-0.1, -0.05) is 0 Å². The Morgan fingerprint density at radius 1 is 1.61 bits per heavy atom. The molecule has 0 bridgehead atoms. The van der Waals surface area contributed by atoms with E-state index in [-0.39, 0.29) is 15.6 Å². The Bertz CT molecular complexity index is 575. The van der Waals surface area contributed by atoms with Crippen LogP contribution in [0.1, 0.15) is 30.3 Å². The summed E-state index contributed by atoms with van der Waals surface area (Å²) in [6.07, 6.45) is 2.02. The number of carboxylic acids is 1. The van der Waals surface area contributed by atoms with E-state index in [0.717, 1.165) is 18.9 Å². The highest BCUT2D eigenvalue weighted by Gasteiger charge is 2.33. The Labute approximate surface area is 113 Å². The van der Waals surface area contributed by atoms with Gasteiger partial charge in [-0.25, -0.2) is 17.9 Å². The number of hydrogen-bond acceptors (Lipinski definition) is 4. The zero-order valence-electron chi connectivity index (χ0n) is 9.51. The minimum atomic E-state index is -3.76. The van der Waals surface area contributed by atoms with Gasteiger partial charge in [0.1, 0.15) is 4.90 Å². The third-order valence-electron chi connectivity index (χ3n) is 2.83. The first kappa shape index (κ1) is 13.6. The van der Waals surface area contributed by atoms with E-state index in [1.165, 1.54) is 0 Å². The van der Waals surface area contributed by atoms with E-state index in [1.54, 1.807) is 6.92 Å². The quantitative estimate of drug-likeness (QED) is 0.854. The Morgan fingerprint density at radius 3 is 2.67 bits per heavy atom. The molecule has 100 valence electrons. The van der Waals surface area contributed by atoms with Crippen LogP contribution in [0.3, 0.4) is 0 Å². The molecule has 8 heteroatoms. The summed E-state index contributed by atoms with van der Waals surface area (Å²) in [5.41, 5.74) is 0. The largest absolute Gasteiger partial charge is 0.475 e. The molecule has 0 radical (unpaired) electrons. The first-order chi connectivity index (χ1) is 8.31. The van der Waals surface area contributed by atoms with Gasteiger partial charge in [0.25, 0.3) is 0 Å². The van der Waals surface area contributed by atoms with Crippen LogP contribution in [-0.4, -0.2) is 25.5 Å². The molecule has 0 aromatic carbocycles. The fraction of sp³-hybridized carbons (Fsp3) is 0.500. The average Bonchev–Trinajstić information content (AvgIpc) is 3.00. The second-order valence-electron chi connectivity index (χ2n) is 4.30. The maximum Gasteiger partial charge on any atom is 0.371 e. The number of carboxylic acid groups (broad SMARTS) is 1. The molecule has 1 saturated carbocycles. The van der Waals surface area contributed by atoms with Crippen molar-refractivity contribution in [1.82, 2.24) is 4.72 Å². The monoisotopic (exact) mass is 337 g/mol. The van der Waals surface area contributed by atoms with E-state index in [2.05, 4.69) is 20.7 Å². The lowest BCUT2D eigenvalue weighted by Gasteiger charge is -2.11. The number of halogens is 1. The van der Waals surface area contributed by atoms with Crippen molar-refractivity contribution in [1.29, 1.82) is 0 Å². The van der Waals surface area contributed by atoms with Crippen LogP contribution < -0.4 is 4.72 Å². The molecule has 0 aliphatic heterocycles. The third kappa shape index (κ3) is 2.76. The second-order valence-corrected chi connectivity index (χ2v) is 6.70. The Kier molecular flexibility index (Phi) is 3.52. The summed E-state index contributed by atoms with van der Waals surface area (Å²) in [5.74, 6) is -1.36. The predicted molar refractivity (Wildman–Crippen MR) is 65.9 cm³/mol. The van der Waals surface area contributed by atoms with Crippen LogP contribution in [0.2, 0.25) is 0 Å². The van der Waals surface area contributed by atoms with E-state index in [0.29, 0.717) is 5.92 Å². The molecule has 18 heavy (non-hydrogen) atoms. The van der Waals surface area contributed by atoms with Gasteiger partial charge in [-0.15, -0.1) is 0 Å². The van der Waals surface area contributed by atoms with Crippen molar-refractivity contribution in [2.24, 2.45) is 5.92 Å². The zero-order valence-corrected chi connectivity index (χ0v) is 11.9. The van der Waals surface area contributed by atoms with Crippen molar-refractivity contribution in [2.45, 2.75) is 30.7 Å². The topological polar surface area (TPSA) is 96.6 Å². The van der Waals surface area contributed by atoms with Crippen molar-refractivity contribution < 1.29 is 22.7 Å². The molecule has 2 N–H and O–H groups in total. The standard InChI is InChI=1S/C10H12BrNO5S/c1-5(6-2-3-6)12-18(15,16)8-4-7(10(13)14)17-9(8)11/h4-6,12H,2-3H2,1H3,(H,13,14). The first-order valence-corrected chi connectivity index (χ1v) is 7.64. The van der Waals surface area contributed by atoms with Crippen molar-refractivity contribution in [3.8, 4) is 0 Å². The van der Waals surface area contributed by atoms with Crippen molar-refractivity contribution in [3.63, 3.8) is 0 Å². The van der Waals surface area contributed by atoms with Gasteiger partial charge in [0, 0.05) is 12.1 Å². The van der Waals surface area contributed by atoms with Crippen LogP contribution in [-0.2, 0) is 10.0 Å². The molecule has 6 nitrogen and oxygen atoms in total. The van der Waals surface area contributed by atoms with Crippen LogP contribution in [0.25, 0.3) is 0 Å². The predicted octanol–water partition coefficient (Wildman–Crippen LogP) is 1.82. The summed E-state index contributed by atoms with van der Waals surface area (Å²) in [6, 6.07) is 0.832. The minimum absolute atomic E-state index is 0.101. The summed E-state index contributed by atoms with van der Waals surface area (Å²) in [5, 5.41) is 8.74. The van der Waals surface area contributed by atoms with Gasteiger partial charge in [-0.2, -0.15) is 0 Å². The molecular formula is C10H12BrNO5S. The summed E-state index contributed by atoms with van der Waals surface area (Å²) in [6.45, 7) is 1.79. The van der Waals surface area contributed by atoms with E-state index in [9.17, 15) is 13.2 Å². The Morgan fingerprint density at radius 2 is 2.22 bits per heavy atom. The number of nitrogens with one attached hydrogen (secondary N) is 1. The molecule has 0 spiro atoms. The van der Waals surface area contributed by atoms with Crippen LogP contribution in [0.15, 0.2) is 20.0 Å². The number of rotatable bonds is 5. The smallest absolute Gasteiger partial charge is 0.371 e. The lowest BCUT2D eigenvalue weighted by Crippen LogP contribution is -2.34. The summed E-state index contributed by atoms with van der Waals surface area (Å²) in [7, 11) is -3.76. The van der Waals surface area contributed by atoms with E-state index in [1.807, 2.05) is 0 Å². The molecule has 1 fully saturated rings. The highest BCUT2D eigenvalue weighted by atomic mass is 79.9. The van der Waals surface area contributed by atoms with Gasteiger partial charge in [0.2, 0.25) is 15.8 Å². The minimum Gasteiger partial charge on any atom is -0.475 e. The highest BCUT2D eigenvalue weighted by molar-refractivity contribution is 9.10. The number of sulfonamides is 1. The lowest BCUT2D eigenvalue weighted by atomic mass is 10.2. The zero-order chi connectivity index (χ0) is 13.5. The number of aromatic carboxylic acids is 1. The molecule has 1 atom stereocenters. The SMILES string of the molecule is CC(NS(=O)(=O)c1cc(C(=O)O)oc1Br)C1CC1. The normalized spacial score (nSPS) is 17.7. The third-order valence-corrected chi connectivity index (χ3v) is 5.24. The molecule has 1 aromatic rings. The number of furan rings is 1. The summed E-state index contributed by atoms with van der Waals surface area (Å²) >= 11 is 2.91. The van der Waals surface area contributed by atoms with Crippen molar-refractivity contribution in [3.05, 3.63) is 16.5 Å². The van der Waals surface area contributed by atoms with Gasteiger partial charge in [-0.05, 0) is 41.6 Å². The number of hydrogen-bond donors (Lipinski definition) is 2. The molecule has 1 aliphatic rings. The van der Waals surface area contributed by atoms with Crippen LogP contribution in [0.5, 0.6) is 0 Å². The lowest BCUT2D eigenvalue weighted by molar-refractivity contribution is 0.0661. The molecule has 2 rings (SSSR count). The molecular weight excluding hydrogens is 326 g/mol. The van der Waals surface area contributed by atoms with Crippen LogP contribution in [0, 0.1) is 5.92 Å². The molecule has 1 aliphatic carbocycles. The van der Waals surface area contributed by atoms with E-state index in [4.69, 9.17) is 9.52 Å². The van der Waals surface area contributed by atoms with E-state index >= 15 is 0 Å². The first-order valence-electron chi connectivity index (χ1n) is 5.36. The van der Waals surface area contributed by atoms with Gasteiger partial charge in [-0.3, -0.25) is 0 Å². The fourth-order valence-electron chi connectivity index (χ4n) is 1.64. The summed E-state index contributed by atoms with van der Waals surface area (Å²) in [4.78, 5) is 10.5. The van der Waals surface area contributed by atoms with Gasteiger partial charge in [0.15, 0.2) is 4.67 Å². The molecule has 1 unspecified atom stereocenters. The van der Waals surface area contributed by atoms with Crippen molar-refractivity contribution >= 4 is 31.9 Å². The molecule has 1 aromatic heterocycles. The Hall–Kier alpha value is -0.860. The molecule has 0 saturated heterocycles. The van der Waals surface area contributed by atoms with Crippen LogP contribution in [0.4, 0.5) is 0 Å². The highest BCUT2D eigenvalue weighted by Crippen LogP contribution is 2.34. The fourth-order valence-corrected chi connectivity index (χ4v) is 3.89. The second kappa shape index (κ2) is 4.67.